The minimum Gasteiger partial charge on any atom is -0.368 e. The van der Waals surface area contributed by atoms with Crippen molar-refractivity contribution < 1.29 is 9.59 Å². The van der Waals surface area contributed by atoms with E-state index in [-0.39, 0.29) is 17.9 Å². The highest BCUT2D eigenvalue weighted by atomic mass is 16.2. The summed E-state index contributed by atoms with van der Waals surface area (Å²) in [6.45, 7) is 3.46. The van der Waals surface area contributed by atoms with Crippen LogP contribution in [0.4, 0.5) is 0 Å². The summed E-state index contributed by atoms with van der Waals surface area (Å²) in [7, 11) is 0. The number of amides is 2. The highest BCUT2D eigenvalue weighted by molar-refractivity contribution is 5.84. The Morgan fingerprint density at radius 3 is 2.72 bits per heavy atom. The lowest BCUT2D eigenvalue weighted by Crippen LogP contribution is -2.53. The predicted octanol–water partition coefficient (Wildman–Crippen LogP) is 1.25. The molecule has 1 aromatic rings. The van der Waals surface area contributed by atoms with Crippen LogP contribution in [-0.2, 0) is 16.1 Å². The SMILES string of the molecule is N#Cc1cccc(CN2CCC3(CCC(=O)N(CC(N)=O)C3)CC2)c1. The van der Waals surface area contributed by atoms with Crippen molar-refractivity contribution in [2.24, 2.45) is 11.1 Å². The van der Waals surface area contributed by atoms with Crippen LogP contribution in [0.15, 0.2) is 24.3 Å². The number of nitrogens with two attached hydrogens (primary N) is 1. The summed E-state index contributed by atoms with van der Waals surface area (Å²) in [4.78, 5) is 27.2. The molecule has 6 heteroatoms. The van der Waals surface area contributed by atoms with Crippen LogP contribution >= 0.6 is 0 Å². The van der Waals surface area contributed by atoms with E-state index in [1.807, 2.05) is 18.2 Å². The molecule has 25 heavy (non-hydrogen) atoms. The van der Waals surface area contributed by atoms with Gasteiger partial charge in [-0.3, -0.25) is 14.5 Å². The Balaban J connectivity index is 1.58. The van der Waals surface area contributed by atoms with E-state index in [0.717, 1.165) is 44.5 Å². The third-order valence-electron chi connectivity index (χ3n) is 5.47. The molecule has 3 rings (SSSR count). The number of hydrogen-bond acceptors (Lipinski definition) is 4. The summed E-state index contributed by atoms with van der Waals surface area (Å²) in [5.41, 5.74) is 7.24. The molecule has 0 aliphatic carbocycles. The molecule has 0 saturated carbocycles. The topological polar surface area (TPSA) is 90.4 Å². The van der Waals surface area contributed by atoms with Gasteiger partial charge in [0.2, 0.25) is 11.8 Å². The van der Waals surface area contributed by atoms with Crippen LogP contribution in [0.2, 0.25) is 0 Å². The molecule has 2 aliphatic rings. The molecule has 1 spiro atoms. The highest BCUT2D eigenvalue weighted by Crippen LogP contribution is 2.40. The molecule has 0 atom stereocenters. The van der Waals surface area contributed by atoms with Gasteiger partial charge in [-0.2, -0.15) is 5.26 Å². The van der Waals surface area contributed by atoms with E-state index < -0.39 is 5.91 Å². The van der Waals surface area contributed by atoms with E-state index in [4.69, 9.17) is 11.0 Å². The summed E-state index contributed by atoms with van der Waals surface area (Å²) in [6.07, 6.45) is 3.46. The van der Waals surface area contributed by atoms with Gasteiger partial charge in [-0.25, -0.2) is 0 Å². The van der Waals surface area contributed by atoms with E-state index in [9.17, 15) is 9.59 Å². The summed E-state index contributed by atoms with van der Waals surface area (Å²) in [5.74, 6) is -0.402. The lowest BCUT2D eigenvalue weighted by atomic mass is 9.72. The zero-order valence-corrected chi connectivity index (χ0v) is 14.4. The highest BCUT2D eigenvalue weighted by Gasteiger charge is 2.41. The average Bonchev–Trinajstić information content (AvgIpc) is 2.60. The van der Waals surface area contributed by atoms with Gasteiger partial charge >= 0.3 is 0 Å². The fourth-order valence-corrected chi connectivity index (χ4v) is 4.03. The lowest BCUT2D eigenvalue weighted by molar-refractivity contribution is -0.142. The number of benzene rings is 1. The van der Waals surface area contributed by atoms with Crippen LogP contribution in [0.1, 0.15) is 36.8 Å². The molecule has 2 amide bonds. The number of carbonyl (C=O) groups excluding carboxylic acids is 2. The van der Waals surface area contributed by atoms with Gasteiger partial charge in [-0.05, 0) is 55.5 Å². The smallest absolute Gasteiger partial charge is 0.237 e. The molecule has 132 valence electrons. The Morgan fingerprint density at radius 2 is 2.04 bits per heavy atom. The largest absolute Gasteiger partial charge is 0.368 e. The Kier molecular flexibility index (Phi) is 5.05. The van der Waals surface area contributed by atoms with Crippen molar-refractivity contribution in [3.8, 4) is 6.07 Å². The molecule has 2 fully saturated rings. The normalized spacial score (nSPS) is 20.4. The molecule has 2 N–H and O–H groups in total. The molecular formula is C19H24N4O2. The number of primary amides is 1. The minimum atomic E-state index is -0.444. The molecule has 2 saturated heterocycles. The maximum Gasteiger partial charge on any atom is 0.237 e. The lowest BCUT2D eigenvalue weighted by Gasteiger charge is -2.47. The Morgan fingerprint density at radius 1 is 1.28 bits per heavy atom. The number of likely N-dealkylation sites (tertiary alicyclic amines) is 2. The molecular weight excluding hydrogens is 316 g/mol. The van der Waals surface area contributed by atoms with Crippen LogP contribution in [0, 0.1) is 16.7 Å². The second-order valence-corrected chi connectivity index (χ2v) is 7.30. The van der Waals surface area contributed by atoms with Gasteiger partial charge in [0.15, 0.2) is 0 Å². The van der Waals surface area contributed by atoms with Crippen LogP contribution in [0.3, 0.4) is 0 Å². The van der Waals surface area contributed by atoms with Gasteiger partial charge in [-0.1, -0.05) is 12.1 Å². The van der Waals surface area contributed by atoms with Crippen molar-refractivity contribution in [3.63, 3.8) is 0 Å². The zero-order chi connectivity index (χ0) is 17.9. The third-order valence-corrected chi connectivity index (χ3v) is 5.47. The zero-order valence-electron chi connectivity index (χ0n) is 14.4. The van der Waals surface area contributed by atoms with Crippen molar-refractivity contribution in [1.29, 1.82) is 5.26 Å². The molecule has 0 radical (unpaired) electrons. The number of hydrogen-bond donors (Lipinski definition) is 1. The summed E-state index contributed by atoms with van der Waals surface area (Å²) >= 11 is 0. The number of nitrogens with zero attached hydrogens (tertiary/aromatic N) is 3. The van der Waals surface area contributed by atoms with E-state index in [1.54, 1.807) is 4.90 Å². The first-order chi connectivity index (χ1) is 12.0. The molecule has 6 nitrogen and oxygen atoms in total. The fraction of sp³-hybridized carbons (Fsp3) is 0.526. The molecule has 0 aromatic heterocycles. The number of rotatable bonds is 4. The molecule has 0 unspecified atom stereocenters. The van der Waals surface area contributed by atoms with E-state index in [1.165, 1.54) is 0 Å². The minimum absolute atomic E-state index is 0.0330. The van der Waals surface area contributed by atoms with Gasteiger partial charge in [0.05, 0.1) is 18.2 Å². The first-order valence-corrected chi connectivity index (χ1v) is 8.77. The monoisotopic (exact) mass is 340 g/mol. The Labute approximate surface area is 148 Å². The van der Waals surface area contributed by atoms with Crippen molar-refractivity contribution in [2.75, 3.05) is 26.2 Å². The number of carbonyl (C=O) groups is 2. The van der Waals surface area contributed by atoms with Gasteiger partial charge in [0.25, 0.3) is 0 Å². The molecule has 1 aromatic carbocycles. The molecule has 0 bridgehead atoms. The third kappa shape index (κ3) is 4.18. The molecule has 2 heterocycles. The van der Waals surface area contributed by atoms with Crippen molar-refractivity contribution in [3.05, 3.63) is 35.4 Å². The van der Waals surface area contributed by atoms with Gasteiger partial charge in [0.1, 0.15) is 0 Å². The summed E-state index contributed by atoms with van der Waals surface area (Å²) < 4.78 is 0. The van der Waals surface area contributed by atoms with E-state index in [0.29, 0.717) is 18.5 Å². The Bertz CT molecular complexity index is 702. The average molecular weight is 340 g/mol. The van der Waals surface area contributed by atoms with Crippen LogP contribution < -0.4 is 5.73 Å². The second kappa shape index (κ2) is 7.24. The molecule has 2 aliphatic heterocycles. The fourth-order valence-electron chi connectivity index (χ4n) is 4.03. The van der Waals surface area contributed by atoms with Crippen molar-refractivity contribution in [2.45, 2.75) is 32.2 Å². The van der Waals surface area contributed by atoms with E-state index >= 15 is 0 Å². The first kappa shape index (κ1) is 17.4. The summed E-state index contributed by atoms with van der Waals surface area (Å²) in [6, 6.07) is 9.92. The first-order valence-electron chi connectivity index (χ1n) is 8.77. The number of nitriles is 1. The van der Waals surface area contributed by atoms with Gasteiger partial charge < -0.3 is 10.6 Å². The van der Waals surface area contributed by atoms with Gasteiger partial charge in [0, 0.05) is 19.5 Å². The van der Waals surface area contributed by atoms with Crippen LogP contribution in [0.25, 0.3) is 0 Å². The number of piperidine rings is 2. The van der Waals surface area contributed by atoms with Gasteiger partial charge in [-0.15, -0.1) is 0 Å². The van der Waals surface area contributed by atoms with Crippen molar-refractivity contribution >= 4 is 11.8 Å². The second-order valence-electron chi connectivity index (χ2n) is 7.30. The Hall–Kier alpha value is -2.39. The van der Waals surface area contributed by atoms with E-state index in [2.05, 4.69) is 17.0 Å². The quantitative estimate of drug-likeness (QED) is 0.893. The van der Waals surface area contributed by atoms with Crippen LogP contribution in [0.5, 0.6) is 0 Å². The predicted molar refractivity (Wildman–Crippen MR) is 93.1 cm³/mol. The maximum atomic E-state index is 12.0. The maximum absolute atomic E-state index is 12.0. The van der Waals surface area contributed by atoms with Crippen molar-refractivity contribution in [1.82, 2.24) is 9.80 Å². The summed E-state index contributed by atoms with van der Waals surface area (Å²) in [5, 5.41) is 9.01. The standard InChI is InChI=1S/C19H24N4O2/c20-11-15-2-1-3-16(10-15)12-22-8-6-19(7-9-22)5-4-18(25)23(14-19)13-17(21)24/h1-3,10H,4-9,12-14H2,(H2,21,24). The van der Waals surface area contributed by atoms with Crippen LogP contribution in [-0.4, -0.2) is 47.8 Å².